The molecular weight excluding hydrogens is 441 g/mol. The maximum Gasteiger partial charge on any atom is 0.255 e. The topological polar surface area (TPSA) is 36.4 Å². The van der Waals surface area contributed by atoms with Crippen LogP contribution in [0.2, 0.25) is 15.1 Å². The van der Waals surface area contributed by atoms with Gasteiger partial charge in [-0.2, -0.15) is 0 Å². The molecule has 4 rings (SSSR count). The Hall–Kier alpha value is -1.33. The molecule has 162 valence electrons. The Morgan fingerprint density at radius 3 is 2.23 bits per heavy atom. The molecule has 0 saturated carbocycles. The third kappa shape index (κ3) is 6.34. The third-order valence-electron chi connectivity index (χ3n) is 5.74. The molecule has 0 radical (unpaired) electrons. The van der Waals surface area contributed by atoms with E-state index in [1.807, 2.05) is 24.0 Å². The van der Waals surface area contributed by atoms with E-state index in [0.29, 0.717) is 26.7 Å². The lowest BCUT2D eigenvalue weighted by atomic mass is 9.99. The van der Waals surface area contributed by atoms with Gasteiger partial charge in [-0.1, -0.05) is 47.3 Å². The maximum atomic E-state index is 12.5. The second-order valence-corrected chi connectivity index (χ2v) is 9.11. The predicted molar refractivity (Wildman–Crippen MR) is 125 cm³/mol. The van der Waals surface area contributed by atoms with Gasteiger partial charge in [0.1, 0.15) is 0 Å². The van der Waals surface area contributed by atoms with Crippen LogP contribution >= 0.6 is 34.8 Å². The van der Waals surface area contributed by atoms with E-state index in [4.69, 9.17) is 34.8 Å². The number of nitrogens with zero attached hydrogens (tertiary/aromatic N) is 3. The quantitative estimate of drug-likeness (QED) is 0.532. The normalized spacial score (nSPS) is 17.9. The van der Waals surface area contributed by atoms with Crippen molar-refractivity contribution >= 4 is 40.7 Å². The highest BCUT2D eigenvalue weighted by molar-refractivity contribution is 6.42. The number of pyridine rings is 1. The lowest BCUT2D eigenvalue weighted by molar-refractivity contribution is 0.0590. The Morgan fingerprint density at radius 2 is 1.63 bits per heavy atom. The van der Waals surface area contributed by atoms with Crippen LogP contribution in [0.4, 0.5) is 0 Å². The van der Waals surface area contributed by atoms with Gasteiger partial charge in [0.15, 0.2) is 0 Å². The van der Waals surface area contributed by atoms with Crippen LogP contribution in [0.5, 0.6) is 0 Å². The van der Waals surface area contributed by atoms with E-state index >= 15 is 0 Å². The monoisotopic (exact) mass is 467 g/mol. The van der Waals surface area contributed by atoms with Crippen LogP contribution in [-0.4, -0.2) is 52.9 Å². The van der Waals surface area contributed by atoms with Crippen molar-refractivity contribution in [1.82, 2.24) is 14.8 Å². The lowest BCUT2D eigenvalue weighted by Crippen LogP contribution is -2.48. The molecule has 30 heavy (non-hydrogen) atoms. The highest BCUT2D eigenvalue weighted by atomic mass is 35.5. The van der Waals surface area contributed by atoms with Crippen molar-refractivity contribution in [1.29, 1.82) is 0 Å². The average molecular weight is 469 g/mol. The second kappa shape index (κ2) is 11.3. The van der Waals surface area contributed by atoms with E-state index < -0.39 is 0 Å². The van der Waals surface area contributed by atoms with Gasteiger partial charge in [0.2, 0.25) is 0 Å². The molecular formula is C23H28Cl3N3O. The van der Waals surface area contributed by atoms with Gasteiger partial charge in [-0.15, -0.1) is 0 Å². The minimum absolute atomic E-state index is 0.0412. The molecule has 4 nitrogen and oxygen atoms in total. The molecule has 2 fully saturated rings. The van der Waals surface area contributed by atoms with Crippen molar-refractivity contribution < 1.29 is 4.79 Å². The Labute approximate surface area is 194 Å². The molecule has 2 saturated heterocycles. The largest absolute Gasteiger partial charge is 0.338 e. The summed E-state index contributed by atoms with van der Waals surface area (Å²) < 4.78 is 0. The molecule has 1 aromatic heterocycles. The number of hydrogen-bond donors (Lipinski definition) is 0. The zero-order valence-corrected chi connectivity index (χ0v) is 19.6. The van der Waals surface area contributed by atoms with Gasteiger partial charge in [0.25, 0.3) is 5.91 Å². The smallest absolute Gasteiger partial charge is 0.255 e. The number of benzene rings is 1. The highest BCUT2D eigenvalue weighted by Gasteiger charge is 2.28. The van der Waals surface area contributed by atoms with Crippen LogP contribution < -0.4 is 0 Å². The second-order valence-electron chi connectivity index (χ2n) is 7.89. The molecule has 2 aliphatic heterocycles. The van der Waals surface area contributed by atoms with E-state index in [2.05, 4.69) is 9.88 Å². The number of aromatic nitrogens is 1. The first-order valence-corrected chi connectivity index (χ1v) is 11.6. The molecule has 3 heterocycles. The summed E-state index contributed by atoms with van der Waals surface area (Å²) in [5, 5.41) is 1.68. The predicted octanol–water partition coefficient (Wildman–Crippen LogP) is 6.13. The summed E-state index contributed by atoms with van der Waals surface area (Å²) in [6.45, 7) is 6.10. The fraction of sp³-hybridized carbons (Fsp3) is 0.478. The first kappa shape index (κ1) is 23.3. The lowest BCUT2D eigenvalue weighted by Gasteiger charge is -2.40. The first-order chi connectivity index (χ1) is 14.5. The van der Waals surface area contributed by atoms with Crippen molar-refractivity contribution in [3.05, 3.63) is 62.9 Å². The number of piperidine rings is 2. The molecule has 1 amide bonds. The molecule has 0 aliphatic carbocycles. The molecule has 0 unspecified atom stereocenters. The van der Waals surface area contributed by atoms with Crippen LogP contribution in [0.25, 0.3) is 0 Å². The number of hydrogen-bond acceptors (Lipinski definition) is 3. The Kier molecular flexibility index (Phi) is 8.82. The van der Waals surface area contributed by atoms with Crippen molar-refractivity contribution in [2.45, 2.75) is 45.1 Å². The molecule has 0 atom stereocenters. The van der Waals surface area contributed by atoms with Crippen LogP contribution in [-0.2, 0) is 0 Å². The van der Waals surface area contributed by atoms with E-state index in [1.54, 1.807) is 18.3 Å². The number of rotatable bonds is 2. The Balaban J connectivity index is 0.000000239. The number of likely N-dealkylation sites (tertiary alicyclic amines) is 2. The highest BCUT2D eigenvalue weighted by Crippen LogP contribution is 2.24. The molecule has 2 aromatic rings. The molecule has 0 bridgehead atoms. The van der Waals surface area contributed by atoms with E-state index in [-0.39, 0.29) is 5.91 Å². The van der Waals surface area contributed by atoms with E-state index in [0.717, 1.165) is 31.5 Å². The average Bonchev–Trinajstić information content (AvgIpc) is 2.78. The van der Waals surface area contributed by atoms with Crippen molar-refractivity contribution in [3.63, 3.8) is 0 Å². The van der Waals surface area contributed by atoms with Gasteiger partial charge in [0.05, 0.1) is 20.6 Å². The number of aryl methyl sites for hydroxylation is 1. The summed E-state index contributed by atoms with van der Waals surface area (Å²) in [5.74, 6) is 0.0412. The van der Waals surface area contributed by atoms with Gasteiger partial charge >= 0.3 is 0 Å². The van der Waals surface area contributed by atoms with E-state index in [1.165, 1.54) is 38.5 Å². The van der Waals surface area contributed by atoms with Crippen LogP contribution in [0.1, 0.15) is 48.0 Å². The van der Waals surface area contributed by atoms with Gasteiger partial charge < -0.3 is 9.80 Å². The summed E-state index contributed by atoms with van der Waals surface area (Å²) >= 11 is 17.4. The SMILES string of the molecule is Cc1ccc(Cl)c(Cl)c1.O=C(c1ccncc1Cl)N1CCC(N2CCCCC2)CC1. The number of amides is 1. The summed E-state index contributed by atoms with van der Waals surface area (Å²) in [5.41, 5.74) is 1.70. The minimum Gasteiger partial charge on any atom is -0.338 e. The minimum atomic E-state index is 0.0412. The van der Waals surface area contributed by atoms with Crippen LogP contribution in [0, 0.1) is 6.92 Å². The standard InChI is InChI=1S/C16H22ClN3O.C7H6Cl2/c17-15-12-18-7-4-14(15)16(21)20-10-5-13(6-11-20)19-8-2-1-3-9-19;1-5-2-3-6(8)7(9)4-5/h4,7,12-13H,1-3,5-6,8-11H2;2-4H,1H3. The Morgan fingerprint density at radius 1 is 0.933 bits per heavy atom. The summed E-state index contributed by atoms with van der Waals surface area (Å²) in [7, 11) is 0. The number of carbonyl (C=O) groups excluding carboxylic acids is 1. The maximum absolute atomic E-state index is 12.5. The zero-order valence-electron chi connectivity index (χ0n) is 17.3. The van der Waals surface area contributed by atoms with Crippen molar-refractivity contribution in [3.8, 4) is 0 Å². The molecule has 0 spiro atoms. The fourth-order valence-corrected chi connectivity index (χ4v) is 4.59. The molecule has 0 N–H and O–H groups in total. The zero-order chi connectivity index (χ0) is 21.5. The molecule has 1 aromatic carbocycles. The number of halogens is 3. The molecule has 2 aliphatic rings. The van der Waals surface area contributed by atoms with Gasteiger partial charge in [-0.3, -0.25) is 9.78 Å². The number of carbonyl (C=O) groups is 1. The summed E-state index contributed by atoms with van der Waals surface area (Å²) in [6, 6.07) is 7.92. The first-order valence-electron chi connectivity index (χ1n) is 10.5. The van der Waals surface area contributed by atoms with Crippen LogP contribution in [0.3, 0.4) is 0 Å². The summed E-state index contributed by atoms with van der Waals surface area (Å²) in [6.07, 6.45) is 9.34. The Bertz CT molecular complexity index is 847. The van der Waals surface area contributed by atoms with Gasteiger partial charge in [0, 0.05) is 31.5 Å². The van der Waals surface area contributed by atoms with Gasteiger partial charge in [-0.05, 0) is 69.5 Å². The third-order valence-corrected chi connectivity index (χ3v) is 6.78. The fourth-order valence-electron chi connectivity index (χ4n) is 4.04. The van der Waals surface area contributed by atoms with Crippen molar-refractivity contribution in [2.75, 3.05) is 26.2 Å². The molecule has 7 heteroatoms. The van der Waals surface area contributed by atoms with Crippen LogP contribution in [0.15, 0.2) is 36.7 Å². The van der Waals surface area contributed by atoms with Gasteiger partial charge in [-0.25, -0.2) is 0 Å². The summed E-state index contributed by atoms with van der Waals surface area (Å²) in [4.78, 5) is 21.0. The van der Waals surface area contributed by atoms with E-state index in [9.17, 15) is 4.79 Å². The van der Waals surface area contributed by atoms with Crippen molar-refractivity contribution in [2.24, 2.45) is 0 Å².